The molecule has 0 aliphatic carbocycles. The van der Waals surface area contributed by atoms with E-state index < -0.39 is 12.6 Å². The smallest absolute Gasteiger partial charge is 0.546 e. The number of aliphatic carboxylic acids is 1. The molecule has 16 heavy (non-hydrogen) atoms. The van der Waals surface area contributed by atoms with Crippen LogP contribution in [0.2, 0.25) is 0 Å². The Labute approximate surface area is 139 Å². The van der Waals surface area contributed by atoms with Crippen LogP contribution < -0.4 is 61.2 Å². The fourth-order valence-corrected chi connectivity index (χ4v) is 1.19. The molecule has 0 amide bonds. The van der Waals surface area contributed by atoms with Gasteiger partial charge in [-0.2, -0.15) is 0 Å². The topological polar surface area (TPSA) is 49.4 Å². The monoisotopic (exact) mass is 246 g/mol. The van der Waals surface area contributed by atoms with Crippen molar-refractivity contribution in [2.75, 3.05) is 6.61 Å². The van der Waals surface area contributed by atoms with Crippen molar-refractivity contribution >= 4 is 5.97 Å². The van der Waals surface area contributed by atoms with Crippen LogP contribution >= 0.6 is 0 Å². The molecule has 0 saturated heterocycles. The summed E-state index contributed by atoms with van der Waals surface area (Å²) in [5.74, 6) is -0.665. The van der Waals surface area contributed by atoms with Crippen molar-refractivity contribution in [3.63, 3.8) is 0 Å². The molecular weight excluding hydrogens is 231 g/mol. The van der Waals surface area contributed by atoms with E-state index in [1.165, 1.54) is 5.56 Å². The van der Waals surface area contributed by atoms with E-state index in [4.69, 9.17) is 4.74 Å². The van der Waals surface area contributed by atoms with Crippen LogP contribution in [0, 0.1) is 0 Å². The van der Waals surface area contributed by atoms with E-state index in [0.29, 0.717) is 5.75 Å². The molecule has 1 aromatic rings. The van der Waals surface area contributed by atoms with Gasteiger partial charge in [0.2, 0.25) is 0 Å². The van der Waals surface area contributed by atoms with E-state index in [9.17, 15) is 9.90 Å². The summed E-state index contributed by atoms with van der Waals surface area (Å²) >= 11 is 0. The van der Waals surface area contributed by atoms with Crippen LogP contribution in [0.3, 0.4) is 0 Å². The van der Waals surface area contributed by atoms with E-state index in [1.807, 2.05) is 12.1 Å². The van der Waals surface area contributed by atoms with E-state index in [1.54, 1.807) is 12.1 Å². The van der Waals surface area contributed by atoms with Crippen molar-refractivity contribution < 1.29 is 66.0 Å². The van der Waals surface area contributed by atoms with E-state index in [0.717, 1.165) is 0 Å². The fourth-order valence-electron chi connectivity index (χ4n) is 1.19. The van der Waals surface area contributed by atoms with Gasteiger partial charge in [0.05, 0.1) is 5.97 Å². The Morgan fingerprint density at radius 2 is 1.75 bits per heavy atom. The van der Waals surface area contributed by atoms with Gasteiger partial charge in [-0.3, -0.25) is 0 Å². The third-order valence-corrected chi connectivity index (χ3v) is 2.08. The molecule has 0 aromatic heterocycles. The van der Waals surface area contributed by atoms with Gasteiger partial charge < -0.3 is 14.6 Å². The number of hydrogen-bond donors (Lipinski definition) is 0. The first kappa shape index (κ1) is 16.1. The van der Waals surface area contributed by atoms with Crippen LogP contribution in [-0.4, -0.2) is 12.6 Å². The molecule has 4 heteroatoms. The predicted octanol–water partition coefficient (Wildman–Crippen LogP) is -1.88. The quantitative estimate of drug-likeness (QED) is 0.586. The normalized spacial score (nSPS) is 10.4. The number of carbonyl (C=O) groups excluding carboxylic acids is 1. The summed E-state index contributed by atoms with van der Waals surface area (Å²) in [7, 11) is 0. The number of carboxylic acid groups (broad SMARTS) is 1. The second-order valence-electron chi connectivity index (χ2n) is 4.44. The molecule has 0 unspecified atom stereocenters. The number of carboxylic acids is 1. The van der Waals surface area contributed by atoms with Crippen molar-refractivity contribution in [2.24, 2.45) is 0 Å². The van der Waals surface area contributed by atoms with Gasteiger partial charge in [-0.25, -0.2) is 0 Å². The van der Waals surface area contributed by atoms with Crippen LogP contribution in [0.4, 0.5) is 0 Å². The molecule has 0 N–H and O–H groups in total. The Kier molecular flexibility index (Phi) is 6.82. The number of benzene rings is 1. The minimum Gasteiger partial charge on any atom is -0.546 e. The molecule has 0 radical (unpaired) electrons. The van der Waals surface area contributed by atoms with Gasteiger partial charge in [0, 0.05) is 0 Å². The minimum atomic E-state index is -1.21. The maximum atomic E-state index is 10.2. The molecule has 0 fully saturated rings. The zero-order valence-corrected chi connectivity index (χ0v) is 13.4. The second-order valence-corrected chi connectivity index (χ2v) is 4.44. The number of rotatable bonds is 3. The third-order valence-electron chi connectivity index (χ3n) is 2.08. The Hall–Kier alpha value is 0.126. The van der Waals surface area contributed by atoms with Crippen molar-refractivity contribution in [1.29, 1.82) is 0 Å². The molecule has 0 heterocycles. The molecule has 1 aromatic carbocycles. The molecule has 0 saturated carbocycles. The average Bonchev–Trinajstić information content (AvgIpc) is 2.14. The standard InChI is InChI=1S/C12H16O3.K/c1-12(2,3)9-4-6-10(7-5-9)15-8-11(13)14;/h4-7H,8H2,1-3H3,(H,13,14);/q;+1/p-1. The first-order chi connectivity index (χ1) is 6.89. The second kappa shape index (κ2) is 6.76. The summed E-state index contributed by atoms with van der Waals surface area (Å²) in [6.45, 7) is 5.94. The molecule has 0 bridgehead atoms. The molecule has 0 atom stereocenters. The largest absolute Gasteiger partial charge is 1.00 e. The van der Waals surface area contributed by atoms with E-state index in [-0.39, 0.29) is 56.8 Å². The van der Waals surface area contributed by atoms with Gasteiger partial charge in [0.15, 0.2) is 0 Å². The average molecular weight is 246 g/mol. The van der Waals surface area contributed by atoms with Crippen molar-refractivity contribution in [1.82, 2.24) is 0 Å². The van der Waals surface area contributed by atoms with Gasteiger partial charge >= 0.3 is 51.4 Å². The number of hydrogen-bond acceptors (Lipinski definition) is 3. The molecule has 3 nitrogen and oxygen atoms in total. The van der Waals surface area contributed by atoms with Gasteiger partial charge in [-0.1, -0.05) is 32.9 Å². The maximum absolute atomic E-state index is 10.2. The summed E-state index contributed by atoms with van der Waals surface area (Å²) in [5, 5.41) is 10.2. The van der Waals surface area contributed by atoms with Crippen LogP contribution in [0.25, 0.3) is 0 Å². The Balaban J connectivity index is 0.00000225. The number of carbonyl (C=O) groups is 1. The van der Waals surface area contributed by atoms with E-state index in [2.05, 4.69) is 20.8 Å². The maximum Gasteiger partial charge on any atom is 1.00 e. The summed E-state index contributed by atoms with van der Waals surface area (Å²) < 4.78 is 4.97. The van der Waals surface area contributed by atoms with Gasteiger partial charge in [-0.05, 0) is 23.1 Å². The SMILES string of the molecule is CC(C)(C)c1ccc(OCC(=O)[O-])cc1.[K+]. The van der Waals surface area contributed by atoms with Crippen molar-refractivity contribution in [2.45, 2.75) is 26.2 Å². The predicted molar refractivity (Wildman–Crippen MR) is 55.6 cm³/mol. The Morgan fingerprint density at radius 1 is 1.25 bits per heavy atom. The third kappa shape index (κ3) is 5.45. The first-order valence-corrected chi connectivity index (χ1v) is 4.83. The molecule has 82 valence electrons. The summed E-state index contributed by atoms with van der Waals surface area (Å²) in [6, 6.07) is 7.41. The van der Waals surface area contributed by atoms with Crippen LogP contribution in [0.5, 0.6) is 5.75 Å². The summed E-state index contributed by atoms with van der Waals surface area (Å²) in [6.07, 6.45) is 0. The van der Waals surface area contributed by atoms with Crippen LogP contribution in [0.15, 0.2) is 24.3 Å². The molecule has 0 aliphatic rings. The van der Waals surface area contributed by atoms with Gasteiger partial charge in [0.1, 0.15) is 12.4 Å². The summed E-state index contributed by atoms with van der Waals surface area (Å²) in [4.78, 5) is 10.2. The molecule has 0 spiro atoms. The first-order valence-electron chi connectivity index (χ1n) is 4.83. The Bertz CT molecular complexity index is 338. The number of ether oxygens (including phenoxy) is 1. The van der Waals surface area contributed by atoms with E-state index >= 15 is 0 Å². The zero-order chi connectivity index (χ0) is 11.5. The molecular formula is C12H15KO3. The minimum absolute atomic E-state index is 0. The Morgan fingerprint density at radius 3 is 2.12 bits per heavy atom. The zero-order valence-electron chi connectivity index (χ0n) is 10.2. The summed E-state index contributed by atoms with van der Waals surface area (Å²) in [5.41, 5.74) is 1.27. The van der Waals surface area contributed by atoms with Crippen LogP contribution in [0.1, 0.15) is 26.3 Å². The van der Waals surface area contributed by atoms with Gasteiger partial charge in [-0.15, -0.1) is 0 Å². The van der Waals surface area contributed by atoms with Crippen molar-refractivity contribution in [3.05, 3.63) is 29.8 Å². The van der Waals surface area contributed by atoms with Crippen molar-refractivity contribution in [3.8, 4) is 5.75 Å². The fraction of sp³-hybridized carbons (Fsp3) is 0.417. The van der Waals surface area contributed by atoms with Crippen LogP contribution in [-0.2, 0) is 10.2 Å². The van der Waals surface area contributed by atoms with Gasteiger partial charge in [0.25, 0.3) is 0 Å². The molecule has 1 rings (SSSR count). The molecule has 0 aliphatic heterocycles.